The molecule has 0 unspecified atom stereocenters. The summed E-state index contributed by atoms with van der Waals surface area (Å²) in [5, 5.41) is 0. The van der Waals surface area contributed by atoms with Crippen LogP contribution < -0.4 is 0 Å². The predicted octanol–water partition coefficient (Wildman–Crippen LogP) is 6.61. The summed E-state index contributed by atoms with van der Waals surface area (Å²) in [6.07, 6.45) is 20.0. The minimum Gasteiger partial charge on any atom is -0.208 e. The monoisotopic (exact) mass is 369 g/mol. The standard InChI is InChI=1S/C25H27N3/c1-5-9-12-17-20(8-4)23-26-24(21(15-7-3)16-10-6-2)28-25(27-23)22-18-13-11-14-19-22/h5-19H,1-4H3/b9-5-,10-6-,15-7-,17-12-,20-8+,21-16+. The Morgan fingerprint density at radius 2 is 1.36 bits per heavy atom. The maximum absolute atomic E-state index is 4.76. The molecule has 0 aliphatic rings. The molecule has 1 aromatic heterocycles. The van der Waals surface area contributed by atoms with E-state index in [2.05, 4.69) is 0 Å². The number of rotatable bonds is 7. The first kappa shape index (κ1) is 21.0. The maximum atomic E-state index is 4.76. The van der Waals surface area contributed by atoms with E-state index in [1.807, 2.05) is 119 Å². The Balaban J connectivity index is 2.68. The van der Waals surface area contributed by atoms with E-state index >= 15 is 0 Å². The van der Waals surface area contributed by atoms with Crippen LogP contribution in [0.5, 0.6) is 0 Å². The van der Waals surface area contributed by atoms with Crippen LogP contribution in [0.1, 0.15) is 39.3 Å². The maximum Gasteiger partial charge on any atom is 0.164 e. The van der Waals surface area contributed by atoms with Crippen molar-refractivity contribution in [2.75, 3.05) is 0 Å². The van der Waals surface area contributed by atoms with Crippen molar-refractivity contribution in [3.05, 3.63) is 103 Å². The quantitative estimate of drug-likeness (QED) is 0.515. The van der Waals surface area contributed by atoms with Gasteiger partial charge in [0.25, 0.3) is 0 Å². The van der Waals surface area contributed by atoms with Crippen molar-refractivity contribution in [2.24, 2.45) is 0 Å². The van der Waals surface area contributed by atoms with E-state index in [1.165, 1.54) is 0 Å². The molecule has 2 aromatic rings. The highest BCUT2D eigenvalue weighted by atomic mass is 15.0. The summed E-state index contributed by atoms with van der Waals surface area (Å²) in [6.45, 7) is 7.95. The molecule has 0 radical (unpaired) electrons. The lowest BCUT2D eigenvalue weighted by Crippen LogP contribution is -2.04. The van der Waals surface area contributed by atoms with Gasteiger partial charge in [-0.15, -0.1) is 0 Å². The third-order valence-electron chi connectivity index (χ3n) is 3.89. The van der Waals surface area contributed by atoms with Gasteiger partial charge in [0.1, 0.15) is 0 Å². The Kier molecular flexibility index (Phi) is 8.54. The van der Waals surface area contributed by atoms with E-state index < -0.39 is 0 Å². The number of aromatic nitrogens is 3. The lowest BCUT2D eigenvalue weighted by atomic mass is 10.1. The van der Waals surface area contributed by atoms with Crippen LogP contribution in [-0.2, 0) is 0 Å². The fourth-order valence-electron chi connectivity index (χ4n) is 2.50. The lowest BCUT2D eigenvalue weighted by molar-refractivity contribution is 1.00. The number of benzene rings is 1. The van der Waals surface area contributed by atoms with Crippen molar-refractivity contribution in [2.45, 2.75) is 27.7 Å². The largest absolute Gasteiger partial charge is 0.208 e. The van der Waals surface area contributed by atoms with E-state index in [-0.39, 0.29) is 0 Å². The molecule has 0 saturated heterocycles. The first-order valence-electron chi connectivity index (χ1n) is 9.47. The van der Waals surface area contributed by atoms with Gasteiger partial charge >= 0.3 is 0 Å². The summed E-state index contributed by atoms with van der Waals surface area (Å²) in [6, 6.07) is 9.99. The summed E-state index contributed by atoms with van der Waals surface area (Å²) in [5.74, 6) is 1.97. The Morgan fingerprint density at radius 3 is 1.96 bits per heavy atom. The van der Waals surface area contributed by atoms with Gasteiger partial charge in [-0.25, -0.2) is 15.0 Å². The highest BCUT2D eigenvalue weighted by Crippen LogP contribution is 2.22. The van der Waals surface area contributed by atoms with Gasteiger partial charge in [-0.1, -0.05) is 91.1 Å². The van der Waals surface area contributed by atoms with Gasteiger partial charge in [0.15, 0.2) is 17.5 Å². The van der Waals surface area contributed by atoms with Crippen molar-refractivity contribution in [3.8, 4) is 11.4 Å². The molecule has 3 heteroatoms. The van der Waals surface area contributed by atoms with Gasteiger partial charge in [0, 0.05) is 16.7 Å². The predicted molar refractivity (Wildman–Crippen MR) is 120 cm³/mol. The first-order chi connectivity index (χ1) is 13.7. The second-order valence-electron chi connectivity index (χ2n) is 5.95. The molecule has 0 atom stereocenters. The van der Waals surface area contributed by atoms with Crippen molar-refractivity contribution >= 4 is 11.1 Å². The van der Waals surface area contributed by atoms with Gasteiger partial charge in [-0.3, -0.25) is 0 Å². The minimum atomic E-state index is 0.652. The Morgan fingerprint density at radius 1 is 0.679 bits per heavy atom. The molecule has 0 aliphatic heterocycles. The highest BCUT2D eigenvalue weighted by Gasteiger charge is 2.12. The van der Waals surface area contributed by atoms with Gasteiger partial charge in [0.05, 0.1) is 0 Å². The number of allylic oxidation sites excluding steroid dienone is 12. The average Bonchev–Trinajstić information content (AvgIpc) is 2.74. The molecular formula is C25H27N3. The van der Waals surface area contributed by atoms with E-state index in [9.17, 15) is 0 Å². The molecule has 0 aliphatic carbocycles. The zero-order valence-electron chi connectivity index (χ0n) is 17.0. The molecule has 0 bridgehead atoms. The zero-order chi connectivity index (χ0) is 20.2. The Hall–Kier alpha value is -3.33. The second-order valence-corrected chi connectivity index (χ2v) is 5.95. The summed E-state index contributed by atoms with van der Waals surface area (Å²) in [5.41, 5.74) is 2.85. The van der Waals surface area contributed by atoms with E-state index in [0.29, 0.717) is 17.5 Å². The topological polar surface area (TPSA) is 38.7 Å². The van der Waals surface area contributed by atoms with Gasteiger partial charge in [0.2, 0.25) is 0 Å². The Bertz CT molecular complexity index is 943. The van der Waals surface area contributed by atoms with Crippen LogP contribution in [0.3, 0.4) is 0 Å². The third-order valence-corrected chi connectivity index (χ3v) is 3.89. The highest BCUT2D eigenvalue weighted by molar-refractivity contribution is 5.75. The number of nitrogens with zero attached hydrogens (tertiary/aromatic N) is 3. The molecular weight excluding hydrogens is 342 g/mol. The molecule has 0 spiro atoms. The summed E-state index contributed by atoms with van der Waals surface area (Å²) >= 11 is 0. The summed E-state index contributed by atoms with van der Waals surface area (Å²) < 4.78 is 0. The van der Waals surface area contributed by atoms with Crippen molar-refractivity contribution in [1.82, 2.24) is 15.0 Å². The van der Waals surface area contributed by atoms with Crippen LogP contribution in [0.4, 0.5) is 0 Å². The van der Waals surface area contributed by atoms with E-state index in [1.54, 1.807) is 0 Å². The zero-order valence-corrected chi connectivity index (χ0v) is 17.0. The van der Waals surface area contributed by atoms with E-state index in [4.69, 9.17) is 15.0 Å². The van der Waals surface area contributed by atoms with Crippen molar-refractivity contribution in [3.63, 3.8) is 0 Å². The van der Waals surface area contributed by atoms with Crippen LogP contribution in [0, 0.1) is 0 Å². The molecule has 0 N–H and O–H groups in total. The molecule has 3 nitrogen and oxygen atoms in total. The van der Waals surface area contributed by atoms with Crippen LogP contribution >= 0.6 is 0 Å². The average molecular weight is 370 g/mol. The SMILES string of the molecule is C\C=C/C=C\C(=C/C)c1nc(C(/C=C\C)=C/C=C\C)nc(-c2ccccc2)n1. The summed E-state index contributed by atoms with van der Waals surface area (Å²) in [4.78, 5) is 14.3. The second kappa shape index (κ2) is 11.4. The normalized spacial score (nSPS) is 13.6. The first-order valence-corrected chi connectivity index (χ1v) is 9.47. The molecule has 1 heterocycles. The van der Waals surface area contributed by atoms with E-state index in [0.717, 1.165) is 16.7 Å². The fraction of sp³-hybridized carbons (Fsp3) is 0.160. The van der Waals surface area contributed by atoms with Crippen LogP contribution in [0.2, 0.25) is 0 Å². The van der Waals surface area contributed by atoms with Crippen LogP contribution in [0.15, 0.2) is 91.1 Å². The molecule has 1 aromatic carbocycles. The minimum absolute atomic E-state index is 0.652. The molecule has 0 amide bonds. The van der Waals surface area contributed by atoms with Gasteiger partial charge in [-0.05, 0) is 27.7 Å². The van der Waals surface area contributed by atoms with Crippen LogP contribution in [-0.4, -0.2) is 15.0 Å². The molecule has 0 fully saturated rings. The number of hydrogen-bond donors (Lipinski definition) is 0. The lowest BCUT2D eigenvalue weighted by Gasteiger charge is -2.09. The fourth-order valence-corrected chi connectivity index (χ4v) is 2.50. The van der Waals surface area contributed by atoms with Gasteiger partial charge in [-0.2, -0.15) is 0 Å². The molecule has 28 heavy (non-hydrogen) atoms. The molecule has 0 saturated carbocycles. The summed E-state index contributed by atoms with van der Waals surface area (Å²) in [7, 11) is 0. The molecule has 2 rings (SSSR count). The van der Waals surface area contributed by atoms with Crippen molar-refractivity contribution < 1.29 is 0 Å². The Labute approximate surface area is 168 Å². The number of hydrogen-bond acceptors (Lipinski definition) is 3. The van der Waals surface area contributed by atoms with Crippen molar-refractivity contribution in [1.29, 1.82) is 0 Å². The smallest absolute Gasteiger partial charge is 0.164 e. The van der Waals surface area contributed by atoms with Crippen LogP contribution in [0.25, 0.3) is 22.5 Å². The third kappa shape index (κ3) is 5.85. The molecule has 142 valence electrons. The van der Waals surface area contributed by atoms with Gasteiger partial charge < -0.3 is 0 Å².